The van der Waals surface area contributed by atoms with E-state index in [0.29, 0.717) is 6.04 Å². The second-order valence-corrected chi connectivity index (χ2v) is 5.74. The Bertz CT molecular complexity index is 450. The number of likely N-dealkylation sites (N-methyl/N-ethyl adjacent to an activating group) is 1. The Hall–Kier alpha value is -1.26. The van der Waals surface area contributed by atoms with Crippen molar-refractivity contribution in [2.45, 2.75) is 31.8 Å². The highest BCUT2D eigenvalue weighted by molar-refractivity contribution is 5.43. The molecule has 2 heterocycles. The maximum Gasteiger partial charge on any atom is 0.161 e. The molecule has 4 nitrogen and oxygen atoms in total. The molecule has 1 aromatic carbocycles. The maximum atomic E-state index is 5.72. The van der Waals surface area contributed by atoms with Crippen LogP contribution in [0, 0.1) is 0 Å². The van der Waals surface area contributed by atoms with E-state index in [1.165, 1.54) is 24.9 Å². The highest BCUT2D eigenvalue weighted by Gasteiger charge is 2.20. The van der Waals surface area contributed by atoms with Crippen molar-refractivity contribution in [1.29, 1.82) is 0 Å². The third-order valence-electron chi connectivity index (χ3n) is 4.19. The molecule has 4 heteroatoms. The van der Waals surface area contributed by atoms with Crippen LogP contribution in [0.3, 0.4) is 0 Å². The molecule has 2 aliphatic rings. The molecule has 0 aromatic heterocycles. The quantitative estimate of drug-likeness (QED) is 0.912. The van der Waals surface area contributed by atoms with Gasteiger partial charge < -0.3 is 19.7 Å². The number of ether oxygens (including phenoxy) is 2. The van der Waals surface area contributed by atoms with Gasteiger partial charge >= 0.3 is 0 Å². The molecule has 1 aromatic rings. The van der Waals surface area contributed by atoms with Gasteiger partial charge in [0, 0.05) is 25.6 Å². The number of nitrogens with one attached hydrogen (secondary N) is 1. The standard InChI is InChI=1S/C16H24N2O2/c1-18-7-2-4-14(18)12-17-11-13-5-6-15-16(10-13)20-9-3-8-19-15/h5-6,10,14,17H,2-4,7-9,11-12H2,1H3. The fourth-order valence-electron chi connectivity index (χ4n) is 2.94. The van der Waals surface area contributed by atoms with Crippen molar-refractivity contribution in [1.82, 2.24) is 10.2 Å². The molecule has 0 radical (unpaired) electrons. The minimum absolute atomic E-state index is 0.690. The second-order valence-electron chi connectivity index (χ2n) is 5.74. The Morgan fingerprint density at radius 3 is 2.85 bits per heavy atom. The van der Waals surface area contributed by atoms with E-state index in [2.05, 4.69) is 29.4 Å². The third kappa shape index (κ3) is 3.25. The van der Waals surface area contributed by atoms with E-state index < -0.39 is 0 Å². The van der Waals surface area contributed by atoms with Crippen molar-refractivity contribution in [2.24, 2.45) is 0 Å². The maximum absolute atomic E-state index is 5.72. The number of fused-ring (bicyclic) bond motifs is 1. The molecule has 1 unspecified atom stereocenters. The summed E-state index contributed by atoms with van der Waals surface area (Å²) in [5, 5.41) is 3.56. The predicted octanol–water partition coefficient (Wildman–Crippen LogP) is 2.03. The van der Waals surface area contributed by atoms with Gasteiger partial charge in [0.25, 0.3) is 0 Å². The minimum atomic E-state index is 0.690. The average Bonchev–Trinajstić information content (AvgIpc) is 2.73. The summed E-state index contributed by atoms with van der Waals surface area (Å²) in [6.07, 6.45) is 3.59. The Morgan fingerprint density at radius 1 is 1.20 bits per heavy atom. The normalized spacial score (nSPS) is 22.8. The van der Waals surface area contributed by atoms with Crippen LogP contribution in [0.1, 0.15) is 24.8 Å². The zero-order valence-electron chi connectivity index (χ0n) is 12.2. The second kappa shape index (κ2) is 6.46. The Kier molecular flexibility index (Phi) is 4.43. The largest absolute Gasteiger partial charge is 0.490 e. The molecule has 0 saturated carbocycles. The van der Waals surface area contributed by atoms with Crippen LogP contribution in [0.25, 0.3) is 0 Å². The summed E-state index contributed by atoms with van der Waals surface area (Å²) in [5.74, 6) is 1.77. The van der Waals surface area contributed by atoms with Crippen molar-refractivity contribution in [2.75, 3.05) is 33.4 Å². The molecule has 0 spiro atoms. The van der Waals surface area contributed by atoms with Crippen LogP contribution < -0.4 is 14.8 Å². The van der Waals surface area contributed by atoms with Gasteiger partial charge in [0.2, 0.25) is 0 Å². The van der Waals surface area contributed by atoms with Crippen molar-refractivity contribution in [3.8, 4) is 11.5 Å². The molecular weight excluding hydrogens is 252 g/mol. The molecular formula is C16H24N2O2. The van der Waals surface area contributed by atoms with E-state index in [9.17, 15) is 0 Å². The van der Waals surface area contributed by atoms with Crippen molar-refractivity contribution in [3.05, 3.63) is 23.8 Å². The molecule has 110 valence electrons. The third-order valence-corrected chi connectivity index (χ3v) is 4.19. The lowest BCUT2D eigenvalue weighted by molar-refractivity contribution is 0.296. The molecule has 1 saturated heterocycles. The van der Waals surface area contributed by atoms with Gasteiger partial charge in [-0.1, -0.05) is 6.07 Å². The van der Waals surface area contributed by atoms with Gasteiger partial charge in [-0.15, -0.1) is 0 Å². The minimum Gasteiger partial charge on any atom is -0.490 e. The smallest absolute Gasteiger partial charge is 0.161 e. The summed E-state index contributed by atoms with van der Waals surface area (Å²) in [6, 6.07) is 6.94. The van der Waals surface area contributed by atoms with E-state index in [0.717, 1.165) is 44.2 Å². The van der Waals surface area contributed by atoms with Crippen LogP contribution in [-0.4, -0.2) is 44.3 Å². The lowest BCUT2D eigenvalue weighted by Gasteiger charge is -2.19. The molecule has 1 atom stereocenters. The molecule has 20 heavy (non-hydrogen) atoms. The van der Waals surface area contributed by atoms with Crippen LogP contribution in [-0.2, 0) is 6.54 Å². The first kappa shape index (κ1) is 13.7. The number of hydrogen-bond donors (Lipinski definition) is 1. The lowest BCUT2D eigenvalue weighted by Crippen LogP contribution is -2.35. The van der Waals surface area contributed by atoms with Crippen LogP contribution in [0.5, 0.6) is 11.5 Å². The Labute approximate surface area is 121 Å². The number of likely N-dealkylation sites (tertiary alicyclic amines) is 1. The fourth-order valence-corrected chi connectivity index (χ4v) is 2.94. The number of hydrogen-bond acceptors (Lipinski definition) is 4. The summed E-state index contributed by atoms with van der Waals surface area (Å²) >= 11 is 0. The highest BCUT2D eigenvalue weighted by atomic mass is 16.5. The topological polar surface area (TPSA) is 33.7 Å². The Morgan fingerprint density at radius 2 is 2.05 bits per heavy atom. The fraction of sp³-hybridized carbons (Fsp3) is 0.625. The van der Waals surface area contributed by atoms with E-state index in [1.54, 1.807) is 0 Å². The van der Waals surface area contributed by atoms with E-state index >= 15 is 0 Å². The molecule has 0 bridgehead atoms. The Balaban J connectivity index is 1.54. The first-order valence-corrected chi connectivity index (χ1v) is 7.62. The molecule has 1 N–H and O–H groups in total. The van der Waals surface area contributed by atoms with Crippen LogP contribution in [0.2, 0.25) is 0 Å². The lowest BCUT2D eigenvalue weighted by atomic mass is 10.2. The highest BCUT2D eigenvalue weighted by Crippen LogP contribution is 2.30. The van der Waals surface area contributed by atoms with Gasteiger partial charge in [-0.3, -0.25) is 0 Å². The van der Waals surface area contributed by atoms with E-state index in [4.69, 9.17) is 9.47 Å². The molecule has 1 fully saturated rings. The van der Waals surface area contributed by atoms with Crippen molar-refractivity contribution < 1.29 is 9.47 Å². The van der Waals surface area contributed by atoms with Crippen LogP contribution in [0.4, 0.5) is 0 Å². The number of nitrogens with zero attached hydrogens (tertiary/aromatic N) is 1. The van der Waals surface area contributed by atoms with Gasteiger partial charge in [0.15, 0.2) is 11.5 Å². The average molecular weight is 276 g/mol. The van der Waals surface area contributed by atoms with E-state index in [1.807, 2.05) is 6.07 Å². The number of rotatable bonds is 4. The molecule has 2 aliphatic heterocycles. The van der Waals surface area contributed by atoms with Gasteiger partial charge in [0.1, 0.15) is 0 Å². The predicted molar refractivity (Wildman–Crippen MR) is 79.4 cm³/mol. The van der Waals surface area contributed by atoms with E-state index in [-0.39, 0.29) is 0 Å². The van der Waals surface area contributed by atoms with Crippen LogP contribution >= 0.6 is 0 Å². The summed E-state index contributed by atoms with van der Waals surface area (Å²) in [5.41, 5.74) is 1.26. The zero-order valence-corrected chi connectivity index (χ0v) is 12.2. The van der Waals surface area contributed by atoms with Gasteiger partial charge in [-0.05, 0) is 44.1 Å². The van der Waals surface area contributed by atoms with Crippen LogP contribution in [0.15, 0.2) is 18.2 Å². The summed E-state index contributed by atoms with van der Waals surface area (Å²) in [4.78, 5) is 2.45. The summed E-state index contributed by atoms with van der Waals surface area (Å²) in [7, 11) is 2.22. The van der Waals surface area contributed by atoms with Crippen molar-refractivity contribution in [3.63, 3.8) is 0 Å². The van der Waals surface area contributed by atoms with Gasteiger partial charge in [-0.2, -0.15) is 0 Å². The summed E-state index contributed by atoms with van der Waals surface area (Å²) in [6.45, 7) is 4.68. The molecule has 0 aliphatic carbocycles. The monoisotopic (exact) mass is 276 g/mol. The SMILES string of the molecule is CN1CCCC1CNCc1ccc2c(c1)OCCCO2. The molecule has 0 amide bonds. The van der Waals surface area contributed by atoms with Gasteiger partial charge in [0.05, 0.1) is 13.2 Å². The number of benzene rings is 1. The van der Waals surface area contributed by atoms with Crippen molar-refractivity contribution >= 4 is 0 Å². The summed E-state index contributed by atoms with van der Waals surface area (Å²) < 4.78 is 11.4. The first-order chi connectivity index (χ1) is 9.83. The zero-order chi connectivity index (χ0) is 13.8. The molecule has 3 rings (SSSR count). The van der Waals surface area contributed by atoms with Gasteiger partial charge in [-0.25, -0.2) is 0 Å². The first-order valence-electron chi connectivity index (χ1n) is 7.62.